The topological polar surface area (TPSA) is 62.1 Å². The maximum absolute atomic E-state index is 13.3. The van der Waals surface area contributed by atoms with Crippen LogP contribution in [-0.2, 0) is 11.4 Å². The molecule has 1 aliphatic carbocycles. The lowest BCUT2D eigenvalue weighted by molar-refractivity contribution is -0.197. The zero-order valence-corrected chi connectivity index (χ0v) is 15.7. The molecular weight excluding hydrogens is 381 g/mol. The number of nitrogens with zero attached hydrogens (tertiary/aromatic N) is 1. The van der Waals surface area contributed by atoms with E-state index in [2.05, 4.69) is 11.4 Å². The first-order chi connectivity index (χ1) is 13.9. The summed E-state index contributed by atoms with van der Waals surface area (Å²) in [6, 6.07) is 15.6. The number of alkyl halides is 3. The van der Waals surface area contributed by atoms with Crippen LogP contribution in [0.25, 0.3) is 0 Å². The molecule has 4 nitrogen and oxygen atoms in total. The molecule has 0 aromatic heterocycles. The van der Waals surface area contributed by atoms with Gasteiger partial charge in [0, 0.05) is 17.7 Å². The van der Waals surface area contributed by atoms with Crippen LogP contribution < -0.4 is 10.1 Å². The van der Waals surface area contributed by atoms with Crippen LogP contribution in [0.3, 0.4) is 0 Å². The molecule has 0 bridgehead atoms. The number of hydrogen-bond acceptors (Lipinski definition) is 3. The van der Waals surface area contributed by atoms with Crippen LogP contribution in [0.1, 0.15) is 36.8 Å². The van der Waals surface area contributed by atoms with Crippen LogP contribution in [0, 0.1) is 23.2 Å². The van der Waals surface area contributed by atoms with Gasteiger partial charge < -0.3 is 10.1 Å². The van der Waals surface area contributed by atoms with E-state index in [4.69, 9.17) is 10.00 Å². The highest BCUT2D eigenvalue weighted by Gasteiger charge is 2.48. The predicted octanol–water partition coefficient (Wildman–Crippen LogP) is 5.44. The van der Waals surface area contributed by atoms with E-state index in [1.54, 1.807) is 42.5 Å². The summed E-state index contributed by atoms with van der Waals surface area (Å²) in [4.78, 5) is 12.5. The fourth-order valence-electron chi connectivity index (χ4n) is 3.63. The minimum atomic E-state index is -4.37. The largest absolute Gasteiger partial charge is 0.489 e. The summed E-state index contributed by atoms with van der Waals surface area (Å²) < 4.78 is 45.4. The molecule has 2 aromatic carbocycles. The second-order valence-corrected chi connectivity index (χ2v) is 7.16. The van der Waals surface area contributed by atoms with Crippen molar-refractivity contribution in [1.29, 1.82) is 5.26 Å². The molecule has 0 heterocycles. The number of nitrogens with one attached hydrogen (secondary N) is 1. The summed E-state index contributed by atoms with van der Waals surface area (Å²) >= 11 is 0. The van der Waals surface area contributed by atoms with E-state index in [0.717, 1.165) is 5.56 Å². The Morgan fingerprint density at radius 1 is 1.14 bits per heavy atom. The summed E-state index contributed by atoms with van der Waals surface area (Å²) in [7, 11) is 0. The summed E-state index contributed by atoms with van der Waals surface area (Å²) in [5, 5.41) is 11.6. The molecule has 2 atom stereocenters. The average Bonchev–Trinajstić information content (AvgIpc) is 2.72. The number of halogens is 3. The minimum Gasteiger partial charge on any atom is -0.489 e. The van der Waals surface area contributed by atoms with Crippen molar-refractivity contribution in [3.8, 4) is 11.8 Å². The molecule has 2 aromatic rings. The predicted molar refractivity (Wildman–Crippen MR) is 102 cm³/mol. The number of nitriles is 1. The van der Waals surface area contributed by atoms with Crippen molar-refractivity contribution in [3.05, 3.63) is 59.7 Å². The van der Waals surface area contributed by atoms with E-state index in [-0.39, 0.29) is 19.4 Å². The fourth-order valence-corrected chi connectivity index (χ4v) is 3.63. The molecule has 1 N–H and O–H groups in total. The molecule has 0 spiro atoms. The molecule has 152 valence electrons. The maximum atomic E-state index is 13.3. The van der Waals surface area contributed by atoms with Crippen molar-refractivity contribution in [1.82, 2.24) is 0 Å². The van der Waals surface area contributed by atoms with Crippen LogP contribution in [0.4, 0.5) is 18.9 Å². The molecule has 1 aliphatic rings. The molecule has 0 aliphatic heterocycles. The Kier molecular flexibility index (Phi) is 6.42. The average molecular weight is 402 g/mol. The standard InChI is InChI=1S/C22H21F3N2O2/c23-22(24,25)20-10-2-1-9-19(20)21(28)27-17-7-4-8-18(12-17)29-14-16-6-3-5-15(11-16)13-26/h3-8,11-12,19-20H,1-2,9-10,14H2,(H,27,28). The summed E-state index contributed by atoms with van der Waals surface area (Å²) in [5.41, 5.74) is 1.73. The van der Waals surface area contributed by atoms with Crippen LogP contribution in [0.2, 0.25) is 0 Å². The summed E-state index contributed by atoms with van der Waals surface area (Å²) in [6.45, 7) is 0.228. The lowest BCUT2D eigenvalue weighted by atomic mass is 9.78. The summed E-state index contributed by atoms with van der Waals surface area (Å²) in [5.74, 6) is -2.79. The Morgan fingerprint density at radius 3 is 2.66 bits per heavy atom. The monoisotopic (exact) mass is 402 g/mol. The number of hydrogen-bond donors (Lipinski definition) is 1. The van der Waals surface area contributed by atoms with Gasteiger partial charge in [-0.05, 0) is 42.7 Å². The van der Waals surface area contributed by atoms with Crippen molar-refractivity contribution in [3.63, 3.8) is 0 Å². The van der Waals surface area contributed by atoms with Crippen molar-refractivity contribution in [2.24, 2.45) is 11.8 Å². The molecule has 1 amide bonds. The molecule has 1 saturated carbocycles. The molecular formula is C22H21F3N2O2. The Balaban J connectivity index is 1.64. The minimum absolute atomic E-state index is 0.00744. The van der Waals surface area contributed by atoms with Gasteiger partial charge in [0.25, 0.3) is 0 Å². The first-order valence-corrected chi connectivity index (χ1v) is 9.46. The van der Waals surface area contributed by atoms with Gasteiger partial charge in [0.15, 0.2) is 0 Å². The van der Waals surface area contributed by atoms with E-state index < -0.39 is 23.9 Å². The van der Waals surface area contributed by atoms with E-state index >= 15 is 0 Å². The van der Waals surface area contributed by atoms with Gasteiger partial charge in [-0.1, -0.05) is 31.0 Å². The van der Waals surface area contributed by atoms with E-state index in [0.29, 0.717) is 29.8 Å². The van der Waals surface area contributed by atoms with Gasteiger partial charge in [-0.3, -0.25) is 4.79 Å². The fraction of sp³-hybridized carbons (Fsp3) is 0.364. The number of anilines is 1. The SMILES string of the molecule is N#Cc1cccc(COc2cccc(NC(=O)C3CCCCC3C(F)(F)F)c2)c1. The van der Waals surface area contributed by atoms with E-state index in [1.807, 2.05) is 6.07 Å². The van der Waals surface area contributed by atoms with Crippen molar-refractivity contribution in [2.45, 2.75) is 38.5 Å². The molecule has 0 saturated heterocycles. The zero-order chi connectivity index (χ0) is 20.9. The smallest absolute Gasteiger partial charge is 0.392 e. The second-order valence-electron chi connectivity index (χ2n) is 7.16. The van der Waals surface area contributed by atoms with E-state index in [9.17, 15) is 18.0 Å². The van der Waals surface area contributed by atoms with Crippen molar-refractivity contribution >= 4 is 11.6 Å². The first kappa shape index (κ1) is 20.7. The van der Waals surface area contributed by atoms with Gasteiger partial charge in [0.1, 0.15) is 12.4 Å². The lowest BCUT2D eigenvalue weighted by Gasteiger charge is -2.32. The number of benzene rings is 2. The molecule has 0 radical (unpaired) electrons. The van der Waals surface area contributed by atoms with Gasteiger partial charge in [0.05, 0.1) is 17.6 Å². The van der Waals surface area contributed by atoms with Crippen LogP contribution >= 0.6 is 0 Å². The van der Waals surface area contributed by atoms with Crippen molar-refractivity contribution in [2.75, 3.05) is 5.32 Å². The molecule has 7 heteroatoms. The molecule has 3 rings (SSSR count). The molecule has 2 unspecified atom stereocenters. The van der Waals surface area contributed by atoms with E-state index in [1.165, 1.54) is 0 Å². The highest BCUT2D eigenvalue weighted by atomic mass is 19.4. The third-order valence-electron chi connectivity index (χ3n) is 5.09. The summed E-state index contributed by atoms with van der Waals surface area (Å²) in [6.07, 6.45) is -3.03. The van der Waals surface area contributed by atoms with Crippen LogP contribution in [0.15, 0.2) is 48.5 Å². The zero-order valence-electron chi connectivity index (χ0n) is 15.7. The number of rotatable bonds is 5. The lowest BCUT2D eigenvalue weighted by Crippen LogP contribution is -2.39. The van der Waals surface area contributed by atoms with Gasteiger partial charge in [0.2, 0.25) is 5.91 Å². The Morgan fingerprint density at radius 2 is 1.90 bits per heavy atom. The van der Waals surface area contributed by atoms with Crippen LogP contribution in [-0.4, -0.2) is 12.1 Å². The van der Waals surface area contributed by atoms with Gasteiger partial charge in [-0.15, -0.1) is 0 Å². The number of amides is 1. The molecule has 1 fully saturated rings. The second kappa shape index (κ2) is 8.99. The van der Waals surface area contributed by atoms with Crippen LogP contribution in [0.5, 0.6) is 5.75 Å². The highest BCUT2D eigenvalue weighted by Crippen LogP contribution is 2.42. The normalized spacial score (nSPS) is 19.2. The third kappa shape index (κ3) is 5.50. The number of carbonyl (C=O) groups excluding carboxylic acids is 1. The number of ether oxygens (including phenoxy) is 1. The maximum Gasteiger partial charge on any atom is 0.392 e. The first-order valence-electron chi connectivity index (χ1n) is 9.46. The Hall–Kier alpha value is -3.01. The van der Waals surface area contributed by atoms with Gasteiger partial charge >= 0.3 is 6.18 Å². The third-order valence-corrected chi connectivity index (χ3v) is 5.09. The Bertz CT molecular complexity index is 905. The Labute approximate surface area is 167 Å². The number of carbonyl (C=O) groups is 1. The van der Waals surface area contributed by atoms with Gasteiger partial charge in [-0.2, -0.15) is 18.4 Å². The van der Waals surface area contributed by atoms with Crippen molar-refractivity contribution < 1.29 is 22.7 Å². The molecule has 29 heavy (non-hydrogen) atoms. The van der Waals surface area contributed by atoms with Gasteiger partial charge in [-0.25, -0.2) is 0 Å². The quantitative estimate of drug-likeness (QED) is 0.724. The highest BCUT2D eigenvalue weighted by molar-refractivity contribution is 5.93.